The molecular weight excluding hydrogens is 232 g/mol. The summed E-state index contributed by atoms with van der Waals surface area (Å²) in [4.78, 5) is 2.88. The second-order valence-corrected chi connectivity index (χ2v) is 7.85. The van der Waals surface area contributed by atoms with Gasteiger partial charge in [-0.15, -0.1) is 0 Å². The minimum atomic E-state index is 0.400. The highest BCUT2D eigenvalue weighted by Crippen LogP contribution is 2.39. The molecule has 0 spiro atoms. The second kappa shape index (κ2) is 6.13. The summed E-state index contributed by atoms with van der Waals surface area (Å²) in [5.41, 5.74) is 0.400. The van der Waals surface area contributed by atoms with E-state index in [0.717, 1.165) is 18.1 Å². The molecule has 0 aromatic rings. The van der Waals surface area contributed by atoms with Crippen LogP contribution in [0.2, 0.25) is 0 Å². The van der Waals surface area contributed by atoms with Gasteiger partial charge in [0.1, 0.15) is 0 Å². The smallest absolute Gasteiger partial charge is 0.0121 e. The number of fused-ring (bicyclic) bond motifs is 2. The SMILES string of the molecule is CCCNC1CC2CCCC(C1)N2C(C)C(C)(C)C. The van der Waals surface area contributed by atoms with E-state index in [1.807, 2.05) is 0 Å². The highest BCUT2D eigenvalue weighted by atomic mass is 15.2. The van der Waals surface area contributed by atoms with E-state index in [1.54, 1.807) is 0 Å². The zero-order chi connectivity index (χ0) is 14.0. The van der Waals surface area contributed by atoms with E-state index in [9.17, 15) is 0 Å². The van der Waals surface area contributed by atoms with E-state index in [-0.39, 0.29) is 0 Å². The highest BCUT2D eigenvalue weighted by Gasteiger charge is 2.42. The van der Waals surface area contributed by atoms with Crippen LogP contribution in [0.5, 0.6) is 0 Å². The predicted molar refractivity (Wildman–Crippen MR) is 83.5 cm³/mol. The van der Waals surface area contributed by atoms with Crippen LogP contribution in [0.1, 0.15) is 73.1 Å². The highest BCUT2D eigenvalue weighted by molar-refractivity contribution is 4.99. The van der Waals surface area contributed by atoms with Gasteiger partial charge >= 0.3 is 0 Å². The first-order valence-electron chi connectivity index (χ1n) is 8.44. The fourth-order valence-electron chi connectivity index (χ4n) is 4.01. The molecule has 2 bridgehead atoms. The molecule has 2 aliphatic heterocycles. The lowest BCUT2D eigenvalue weighted by Crippen LogP contribution is -2.61. The van der Waals surface area contributed by atoms with Gasteiger partial charge in [-0.3, -0.25) is 4.90 Å². The van der Waals surface area contributed by atoms with Gasteiger partial charge in [-0.25, -0.2) is 0 Å². The summed E-state index contributed by atoms with van der Waals surface area (Å²) in [5, 5.41) is 3.77. The van der Waals surface area contributed by atoms with Crippen LogP contribution in [0.15, 0.2) is 0 Å². The lowest BCUT2D eigenvalue weighted by molar-refractivity contribution is -0.0389. The average molecular weight is 266 g/mol. The van der Waals surface area contributed by atoms with Crippen molar-refractivity contribution in [3.63, 3.8) is 0 Å². The summed E-state index contributed by atoms with van der Waals surface area (Å²) < 4.78 is 0. The van der Waals surface area contributed by atoms with Gasteiger partial charge in [0.15, 0.2) is 0 Å². The van der Waals surface area contributed by atoms with Gasteiger partial charge in [0, 0.05) is 24.2 Å². The maximum absolute atomic E-state index is 3.77. The van der Waals surface area contributed by atoms with Crippen molar-refractivity contribution < 1.29 is 0 Å². The van der Waals surface area contributed by atoms with Crippen LogP contribution in [-0.2, 0) is 0 Å². The summed E-state index contributed by atoms with van der Waals surface area (Å²) in [5.74, 6) is 0. The van der Waals surface area contributed by atoms with E-state index in [0.29, 0.717) is 11.5 Å². The molecule has 2 heteroatoms. The minimum absolute atomic E-state index is 0.400. The summed E-state index contributed by atoms with van der Waals surface area (Å²) in [6, 6.07) is 3.14. The van der Waals surface area contributed by atoms with E-state index < -0.39 is 0 Å². The molecule has 3 atom stereocenters. The molecule has 3 unspecified atom stereocenters. The molecule has 2 heterocycles. The fraction of sp³-hybridized carbons (Fsp3) is 1.00. The molecular formula is C17H34N2. The molecule has 2 rings (SSSR count). The first-order chi connectivity index (χ1) is 8.93. The van der Waals surface area contributed by atoms with Crippen LogP contribution in [0.3, 0.4) is 0 Å². The van der Waals surface area contributed by atoms with Crippen molar-refractivity contribution in [1.29, 1.82) is 0 Å². The predicted octanol–water partition coefficient (Wildman–Crippen LogP) is 3.81. The Hall–Kier alpha value is -0.0800. The van der Waals surface area contributed by atoms with Gasteiger partial charge in [0.05, 0.1) is 0 Å². The second-order valence-electron chi connectivity index (χ2n) is 7.85. The number of nitrogens with one attached hydrogen (secondary N) is 1. The Morgan fingerprint density at radius 3 is 2.21 bits per heavy atom. The first kappa shape index (κ1) is 15.3. The van der Waals surface area contributed by atoms with Gasteiger partial charge < -0.3 is 5.32 Å². The number of rotatable bonds is 4. The topological polar surface area (TPSA) is 15.3 Å². The van der Waals surface area contributed by atoms with E-state index in [4.69, 9.17) is 0 Å². The lowest BCUT2D eigenvalue weighted by atomic mass is 9.76. The van der Waals surface area contributed by atoms with Crippen molar-refractivity contribution in [3.8, 4) is 0 Å². The Morgan fingerprint density at radius 2 is 1.74 bits per heavy atom. The summed E-state index contributed by atoms with van der Waals surface area (Å²) in [7, 11) is 0. The summed E-state index contributed by atoms with van der Waals surface area (Å²) in [6.07, 6.45) is 8.29. The van der Waals surface area contributed by atoms with Gasteiger partial charge in [-0.1, -0.05) is 34.1 Å². The van der Waals surface area contributed by atoms with Crippen molar-refractivity contribution in [1.82, 2.24) is 10.2 Å². The maximum atomic E-state index is 3.77. The van der Waals surface area contributed by atoms with Gasteiger partial charge in [0.25, 0.3) is 0 Å². The van der Waals surface area contributed by atoms with Crippen LogP contribution in [-0.4, -0.2) is 35.6 Å². The van der Waals surface area contributed by atoms with Crippen LogP contribution in [0, 0.1) is 5.41 Å². The Bertz CT molecular complexity index is 267. The minimum Gasteiger partial charge on any atom is -0.314 e. The molecule has 2 aliphatic rings. The zero-order valence-electron chi connectivity index (χ0n) is 13.7. The Morgan fingerprint density at radius 1 is 1.16 bits per heavy atom. The fourth-order valence-corrected chi connectivity index (χ4v) is 4.01. The van der Waals surface area contributed by atoms with Crippen molar-refractivity contribution in [2.24, 2.45) is 5.41 Å². The quantitative estimate of drug-likeness (QED) is 0.832. The first-order valence-corrected chi connectivity index (χ1v) is 8.44. The van der Waals surface area contributed by atoms with E-state index >= 15 is 0 Å². The van der Waals surface area contributed by atoms with Crippen LogP contribution in [0.25, 0.3) is 0 Å². The van der Waals surface area contributed by atoms with Gasteiger partial charge in [-0.05, 0) is 51.0 Å². The molecule has 112 valence electrons. The Kier molecular flexibility index (Phi) is 4.94. The molecule has 0 aromatic heterocycles. The van der Waals surface area contributed by atoms with Gasteiger partial charge in [-0.2, -0.15) is 0 Å². The molecule has 2 fully saturated rings. The normalized spacial score (nSPS) is 34.3. The summed E-state index contributed by atoms with van der Waals surface area (Å²) >= 11 is 0. The van der Waals surface area contributed by atoms with Crippen LogP contribution in [0.4, 0.5) is 0 Å². The van der Waals surface area contributed by atoms with E-state index in [2.05, 4.69) is 44.8 Å². The molecule has 19 heavy (non-hydrogen) atoms. The molecule has 1 N–H and O–H groups in total. The van der Waals surface area contributed by atoms with Crippen molar-refractivity contribution in [2.75, 3.05) is 6.54 Å². The van der Waals surface area contributed by atoms with Crippen LogP contribution < -0.4 is 5.32 Å². The molecule has 2 nitrogen and oxygen atoms in total. The van der Waals surface area contributed by atoms with E-state index in [1.165, 1.54) is 45.1 Å². The molecule has 0 radical (unpaired) electrons. The zero-order valence-corrected chi connectivity index (χ0v) is 13.7. The third-order valence-electron chi connectivity index (χ3n) is 5.41. The molecule has 0 aromatic carbocycles. The van der Waals surface area contributed by atoms with Gasteiger partial charge in [0.2, 0.25) is 0 Å². The van der Waals surface area contributed by atoms with Crippen LogP contribution >= 0.6 is 0 Å². The number of nitrogens with zero attached hydrogens (tertiary/aromatic N) is 1. The molecule has 0 saturated carbocycles. The standard InChI is InChI=1S/C17H34N2/c1-6-10-18-14-11-15-8-7-9-16(12-14)19(15)13(2)17(3,4)5/h13-16,18H,6-12H2,1-5H3. The average Bonchev–Trinajstić information content (AvgIpc) is 2.33. The molecule has 2 saturated heterocycles. The summed E-state index contributed by atoms with van der Waals surface area (Å²) in [6.45, 7) is 13.1. The van der Waals surface area contributed by atoms with Crippen molar-refractivity contribution in [3.05, 3.63) is 0 Å². The van der Waals surface area contributed by atoms with Crippen molar-refractivity contribution >= 4 is 0 Å². The number of piperidine rings is 2. The number of hydrogen-bond donors (Lipinski definition) is 1. The lowest BCUT2D eigenvalue weighted by Gasteiger charge is -2.54. The third-order valence-corrected chi connectivity index (χ3v) is 5.41. The third kappa shape index (κ3) is 3.52. The maximum Gasteiger partial charge on any atom is 0.0121 e. The van der Waals surface area contributed by atoms with Crippen molar-refractivity contribution in [2.45, 2.75) is 97.3 Å². The Balaban J connectivity index is 2.03. The largest absolute Gasteiger partial charge is 0.314 e. The molecule has 0 amide bonds. The number of hydrogen-bond acceptors (Lipinski definition) is 2. The molecule has 0 aliphatic carbocycles. The Labute approximate surface area is 120 Å². The monoisotopic (exact) mass is 266 g/mol.